The van der Waals surface area contributed by atoms with Crippen LogP contribution in [0.1, 0.15) is 34.6 Å². The second-order valence-corrected chi connectivity index (χ2v) is 4.89. The van der Waals surface area contributed by atoms with Gasteiger partial charge in [0.05, 0.1) is 0 Å². The van der Waals surface area contributed by atoms with E-state index in [1.165, 1.54) is 0 Å². The van der Waals surface area contributed by atoms with Crippen molar-refractivity contribution in [2.45, 2.75) is 34.6 Å². The van der Waals surface area contributed by atoms with Crippen molar-refractivity contribution < 1.29 is 4.79 Å². The van der Waals surface area contributed by atoms with E-state index in [1.54, 1.807) is 0 Å². The van der Waals surface area contributed by atoms with Gasteiger partial charge in [0.1, 0.15) is 6.29 Å². The Kier molecular flexibility index (Phi) is 1.66. The molecule has 1 heteroatoms. The van der Waals surface area contributed by atoms with Crippen molar-refractivity contribution in [2.75, 3.05) is 0 Å². The third-order valence-corrected chi connectivity index (χ3v) is 4.32. The molecular weight excluding hydrogens is 136 g/mol. The maximum Gasteiger partial charge on any atom is 0.123 e. The van der Waals surface area contributed by atoms with Crippen LogP contribution in [0.15, 0.2) is 0 Å². The maximum atomic E-state index is 10.7. The summed E-state index contributed by atoms with van der Waals surface area (Å²) in [4.78, 5) is 10.7. The normalized spacial score (nSPS) is 39.4. The van der Waals surface area contributed by atoms with E-state index >= 15 is 0 Å². The first-order chi connectivity index (χ1) is 4.85. The average molecular weight is 154 g/mol. The zero-order valence-electron chi connectivity index (χ0n) is 8.14. The van der Waals surface area contributed by atoms with Gasteiger partial charge in [-0.1, -0.05) is 34.6 Å². The standard InChI is InChI=1S/C10H18O/c1-7-8(6-11)10(4,5)9(7,2)3/h6-8H,1-5H3. The highest BCUT2D eigenvalue weighted by molar-refractivity contribution is 5.58. The van der Waals surface area contributed by atoms with Gasteiger partial charge >= 0.3 is 0 Å². The van der Waals surface area contributed by atoms with Gasteiger partial charge in [-0.2, -0.15) is 0 Å². The Morgan fingerprint density at radius 2 is 1.55 bits per heavy atom. The summed E-state index contributed by atoms with van der Waals surface area (Å²) >= 11 is 0. The quantitative estimate of drug-likeness (QED) is 0.530. The van der Waals surface area contributed by atoms with Crippen LogP contribution in [0.2, 0.25) is 0 Å². The smallest absolute Gasteiger partial charge is 0.123 e. The van der Waals surface area contributed by atoms with Crippen molar-refractivity contribution in [3.8, 4) is 0 Å². The lowest BCUT2D eigenvalue weighted by Gasteiger charge is -2.62. The molecule has 0 aromatic rings. The van der Waals surface area contributed by atoms with Crippen LogP contribution in [0, 0.1) is 22.7 Å². The first kappa shape index (κ1) is 8.76. The minimum absolute atomic E-state index is 0.189. The van der Waals surface area contributed by atoms with E-state index in [0.29, 0.717) is 11.3 Å². The summed E-state index contributed by atoms with van der Waals surface area (Å²) in [6, 6.07) is 0. The molecule has 1 fully saturated rings. The van der Waals surface area contributed by atoms with Crippen LogP contribution in [0.4, 0.5) is 0 Å². The van der Waals surface area contributed by atoms with E-state index in [4.69, 9.17) is 0 Å². The van der Waals surface area contributed by atoms with Crippen molar-refractivity contribution in [2.24, 2.45) is 22.7 Å². The van der Waals surface area contributed by atoms with Crippen molar-refractivity contribution >= 4 is 6.29 Å². The number of aldehydes is 1. The number of hydrogen-bond donors (Lipinski definition) is 0. The third kappa shape index (κ3) is 0.800. The molecule has 0 N–H and O–H groups in total. The van der Waals surface area contributed by atoms with E-state index < -0.39 is 0 Å². The Morgan fingerprint density at radius 3 is 1.73 bits per heavy atom. The summed E-state index contributed by atoms with van der Waals surface area (Å²) in [6.07, 6.45) is 1.12. The highest BCUT2D eigenvalue weighted by Crippen LogP contribution is 2.62. The number of carbonyl (C=O) groups is 1. The second kappa shape index (κ2) is 2.09. The van der Waals surface area contributed by atoms with E-state index in [-0.39, 0.29) is 11.3 Å². The molecule has 11 heavy (non-hydrogen) atoms. The van der Waals surface area contributed by atoms with Crippen LogP contribution >= 0.6 is 0 Å². The lowest BCUT2D eigenvalue weighted by atomic mass is 9.41. The molecule has 1 aliphatic rings. The van der Waals surface area contributed by atoms with E-state index in [2.05, 4.69) is 34.6 Å². The zero-order valence-corrected chi connectivity index (χ0v) is 8.14. The fourth-order valence-electron chi connectivity index (χ4n) is 2.28. The molecule has 2 atom stereocenters. The van der Waals surface area contributed by atoms with Crippen LogP contribution in [0.25, 0.3) is 0 Å². The van der Waals surface area contributed by atoms with Gasteiger partial charge in [-0.05, 0) is 16.7 Å². The SMILES string of the molecule is CC1C(C=O)C(C)(C)C1(C)C. The van der Waals surface area contributed by atoms with Gasteiger partial charge in [-0.3, -0.25) is 0 Å². The largest absolute Gasteiger partial charge is 0.303 e. The van der Waals surface area contributed by atoms with Crippen LogP contribution in [0.3, 0.4) is 0 Å². The monoisotopic (exact) mass is 154 g/mol. The second-order valence-electron chi connectivity index (χ2n) is 4.89. The van der Waals surface area contributed by atoms with Crippen LogP contribution in [0.5, 0.6) is 0 Å². The van der Waals surface area contributed by atoms with Gasteiger partial charge in [-0.15, -0.1) is 0 Å². The zero-order chi connectivity index (χ0) is 8.86. The number of rotatable bonds is 1. The molecule has 0 aromatic carbocycles. The van der Waals surface area contributed by atoms with E-state index in [0.717, 1.165) is 6.29 Å². The molecular formula is C10H18O. The average Bonchev–Trinajstić information content (AvgIpc) is 1.88. The molecule has 0 radical (unpaired) electrons. The fourth-order valence-corrected chi connectivity index (χ4v) is 2.28. The predicted molar refractivity (Wildman–Crippen MR) is 46.3 cm³/mol. The molecule has 1 rings (SSSR count). The Morgan fingerprint density at radius 1 is 1.09 bits per heavy atom. The fraction of sp³-hybridized carbons (Fsp3) is 0.900. The molecule has 64 valence electrons. The topological polar surface area (TPSA) is 17.1 Å². The Hall–Kier alpha value is -0.330. The summed E-state index contributed by atoms with van der Waals surface area (Å²) in [5.74, 6) is 0.799. The molecule has 0 spiro atoms. The molecule has 1 saturated carbocycles. The molecule has 0 bridgehead atoms. The first-order valence-electron chi connectivity index (χ1n) is 4.31. The molecule has 1 aliphatic carbocycles. The minimum Gasteiger partial charge on any atom is -0.303 e. The molecule has 2 unspecified atom stereocenters. The van der Waals surface area contributed by atoms with E-state index in [1.807, 2.05) is 0 Å². The molecule has 0 amide bonds. The van der Waals surface area contributed by atoms with Crippen molar-refractivity contribution in [3.05, 3.63) is 0 Å². The summed E-state index contributed by atoms with van der Waals surface area (Å²) in [5.41, 5.74) is 0.507. The van der Waals surface area contributed by atoms with Crippen LogP contribution in [-0.4, -0.2) is 6.29 Å². The highest BCUT2D eigenvalue weighted by Gasteiger charge is 2.59. The van der Waals surface area contributed by atoms with Gasteiger partial charge < -0.3 is 4.79 Å². The Balaban J connectivity index is 2.87. The molecule has 1 nitrogen and oxygen atoms in total. The summed E-state index contributed by atoms with van der Waals surface area (Å²) in [7, 11) is 0. The van der Waals surface area contributed by atoms with E-state index in [9.17, 15) is 4.79 Å². The Labute approximate surface area is 69.2 Å². The summed E-state index contributed by atoms with van der Waals surface area (Å²) in [6.45, 7) is 11.0. The minimum atomic E-state index is 0.189. The van der Waals surface area contributed by atoms with Crippen molar-refractivity contribution in [1.82, 2.24) is 0 Å². The van der Waals surface area contributed by atoms with Gasteiger partial charge in [-0.25, -0.2) is 0 Å². The van der Waals surface area contributed by atoms with Gasteiger partial charge in [0, 0.05) is 5.92 Å². The molecule has 0 saturated heterocycles. The molecule has 0 aliphatic heterocycles. The number of hydrogen-bond acceptors (Lipinski definition) is 1. The first-order valence-corrected chi connectivity index (χ1v) is 4.31. The van der Waals surface area contributed by atoms with Crippen LogP contribution < -0.4 is 0 Å². The Bertz CT molecular complexity index is 179. The number of carbonyl (C=O) groups excluding carboxylic acids is 1. The lowest BCUT2D eigenvalue weighted by molar-refractivity contribution is -0.164. The highest BCUT2D eigenvalue weighted by atomic mass is 16.1. The van der Waals surface area contributed by atoms with Gasteiger partial charge in [0.2, 0.25) is 0 Å². The summed E-state index contributed by atoms with van der Waals surface area (Å²) < 4.78 is 0. The van der Waals surface area contributed by atoms with Gasteiger partial charge in [0.25, 0.3) is 0 Å². The van der Waals surface area contributed by atoms with Gasteiger partial charge in [0.15, 0.2) is 0 Å². The van der Waals surface area contributed by atoms with Crippen molar-refractivity contribution in [1.29, 1.82) is 0 Å². The third-order valence-electron chi connectivity index (χ3n) is 4.32. The van der Waals surface area contributed by atoms with Crippen LogP contribution in [-0.2, 0) is 4.79 Å². The predicted octanol–water partition coefficient (Wildman–Crippen LogP) is 2.50. The lowest BCUT2D eigenvalue weighted by Crippen LogP contribution is -2.59. The summed E-state index contributed by atoms with van der Waals surface area (Å²) in [5, 5.41) is 0. The van der Waals surface area contributed by atoms with Crippen molar-refractivity contribution in [3.63, 3.8) is 0 Å². The molecule has 0 aromatic heterocycles. The maximum absolute atomic E-state index is 10.7. The molecule has 0 heterocycles.